The second kappa shape index (κ2) is 10.1. The van der Waals surface area contributed by atoms with Crippen LogP contribution in [0.5, 0.6) is 0 Å². The van der Waals surface area contributed by atoms with Crippen molar-refractivity contribution in [2.75, 3.05) is 18.8 Å². The lowest BCUT2D eigenvalue weighted by Crippen LogP contribution is -2.30. The number of fused-ring (bicyclic) bond motifs is 1. The van der Waals surface area contributed by atoms with E-state index in [9.17, 15) is 14.4 Å². The summed E-state index contributed by atoms with van der Waals surface area (Å²) in [5.41, 5.74) is 1.66. The van der Waals surface area contributed by atoms with Crippen molar-refractivity contribution in [3.8, 4) is 0 Å². The summed E-state index contributed by atoms with van der Waals surface area (Å²) in [6.45, 7) is 1.55. The average molecular weight is 476 g/mol. The molecular weight excluding hydrogens is 446 g/mol. The summed E-state index contributed by atoms with van der Waals surface area (Å²) in [6.07, 6.45) is 7.30. The standard InChI is InChI=1S/C27H29N3O3S/c31-24(19-9-3-1-4-10-19)18-34-27-28-23-17-20(25(32)29-15-7-8-16-29)13-14-22(23)26(33)30(27)21-11-5-2-6-12-21/h1,3-4,9-10,13-14,17,21H,2,5-8,11-12,15-16,18H2. The average Bonchev–Trinajstić information content (AvgIpc) is 3.43. The summed E-state index contributed by atoms with van der Waals surface area (Å²) < 4.78 is 1.81. The highest BCUT2D eigenvalue weighted by atomic mass is 32.2. The minimum absolute atomic E-state index is 0.00750. The highest BCUT2D eigenvalue weighted by Gasteiger charge is 2.24. The Kier molecular flexibility index (Phi) is 6.81. The smallest absolute Gasteiger partial charge is 0.262 e. The summed E-state index contributed by atoms with van der Waals surface area (Å²) in [5, 5.41) is 1.10. The van der Waals surface area contributed by atoms with Gasteiger partial charge in [0.1, 0.15) is 0 Å². The lowest BCUT2D eigenvalue weighted by atomic mass is 9.95. The van der Waals surface area contributed by atoms with E-state index < -0.39 is 0 Å². The Morgan fingerprint density at radius 2 is 1.65 bits per heavy atom. The molecule has 7 heteroatoms. The van der Waals surface area contributed by atoms with E-state index in [2.05, 4.69) is 0 Å². The van der Waals surface area contributed by atoms with Crippen molar-refractivity contribution in [2.24, 2.45) is 0 Å². The molecule has 2 heterocycles. The van der Waals surface area contributed by atoms with Gasteiger partial charge in [-0.05, 0) is 43.9 Å². The van der Waals surface area contributed by atoms with Crippen LogP contribution in [0.15, 0.2) is 58.5 Å². The van der Waals surface area contributed by atoms with Crippen molar-refractivity contribution in [2.45, 2.75) is 56.1 Å². The van der Waals surface area contributed by atoms with Crippen LogP contribution < -0.4 is 5.56 Å². The quantitative estimate of drug-likeness (QED) is 0.281. The number of rotatable bonds is 6. The molecule has 1 aliphatic carbocycles. The first kappa shape index (κ1) is 22.8. The normalized spacial score (nSPS) is 16.8. The number of hydrogen-bond acceptors (Lipinski definition) is 5. The Morgan fingerprint density at radius 1 is 0.912 bits per heavy atom. The first-order valence-corrected chi connectivity index (χ1v) is 13.2. The zero-order chi connectivity index (χ0) is 23.5. The molecule has 1 aliphatic heterocycles. The third-order valence-corrected chi connectivity index (χ3v) is 7.83. The zero-order valence-corrected chi connectivity index (χ0v) is 20.1. The predicted octanol–water partition coefficient (Wildman–Crippen LogP) is 5.11. The third-order valence-electron chi connectivity index (χ3n) is 6.88. The number of benzene rings is 2. The van der Waals surface area contributed by atoms with Crippen molar-refractivity contribution in [1.29, 1.82) is 0 Å². The van der Waals surface area contributed by atoms with Crippen molar-refractivity contribution in [3.63, 3.8) is 0 Å². The Bertz CT molecular complexity index is 1260. The fraction of sp³-hybridized carbons (Fsp3) is 0.407. The second-order valence-corrected chi connectivity index (χ2v) is 10.1. The van der Waals surface area contributed by atoms with Gasteiger partial charge in [-0.25, -0.2) is 4.98 Å². The summed E-state index contributed by atoms with van der Waals surface area (Å²) in [7, 11) is 0. The van der Waals surface area contributed by atoms with E-state index in [4.69, 9.17) is 4.98 Å². The van der Waals surface area contributed by atoms with Crippen LogP contribution in [-0.2, 0) is 0 Å². The molecule has 0 radical (unpaired) electrons. The van der Waals surface area contributed by atoms with Crippen molar-refractivity contribution >= 4 is 34.4 Å². The van der Waals surface area contributed by atoms with Gasteiger partial charge in [0, 0.05) is 30.3 Å². The Hall–Kier alpha value is -2.93. The summed E-state index contributed by atoms with van der Waals surface area (Å²) in [4.78, 5) is 46.0. The van der Waals surface area contributed by atoms with Gasteiger partial charge in [-0.15, -0.1) is 0 Å². The first-order valence-electron chi connectivity index (χ1n) is 12.2. The summed E-state index contributed by atoms with van der Waals surface area (Å²) in [5.74, 6) is 0.209. The van der Waals surface area contributed by atoms with Crippen molar-refractivity contribution in [3.05, 3.63) is 70.0 Å². The number of likely N-dealkylation sites (tertiary alicyclic amines) is 1. The molecule has 6 nitrogen and oxygen atoms in total. The van der Waals surface area contributed by atoms with Crippen LogP contribution in [0.25, 0.3) is 10.9 Å². The van der Waals surface area contributed by atoms with Gasteiger partial charge in [-0.1, -0.05) is 61.4 Å². The molecule has 1 saturated carbocycles. The van der Waals surface area contributed by atoms with Gasteiger partial charge < -0.3 is 4.90 Å². The van der Waals surface area contributed by atoms with E-state index in [0.29, 0.717) is 27.2 Å². The molecule has 0 spiro atoms. The summed E-state index contributed by atoms with van der Waals surface area (Å²) >= 11 is 1.32. The second-order valence-electron chi connectivity index (χ2n) is 9.17. The molecule has 2 fully saturated rings. The molecule has 0 N–H and O–H groups in total. The van der Waals surface area contributed by atoms with Gasteiger partial charge in [-0.2, -0.15) is 0 Å². The minimum Gasteiger partial charge on any atom is -0.339 e. The minimum atomic E-state index is -0.0771. The van der Waals surface area contributed by atoms with Crippen LogP contribution >= 0.6 is 11.8 Å². The maximum atomic E-state index is 13.6. The van der Waals surface area contributed by atoms with Crippen LogP contribution in [0.1, 0.15) is 71.7 Å². The molecule has 1 saturated heterocycles. The van der Waals surface area contributed by atoms with E-state index in [1.807, 2.05) is 27.7 Å². The number of carbonyl (C=O) groups excluding carboxylic acids is 2. The highest BCUT2D eigenvalue weighted by Crippen LogP contribution is 2.31. The number of aromatic nitrogens is 2. The summed E-state index contributed by atoms with van der Waals surface area (Å²) in [6, 6.07) is 14.5. The Balaban J connectivity index is 1.51. The molecule has 1 amide bonds. The van der Waals surface area contributed by atoms with E-state index >= 15 is 0 Å². The van der Waals surface area contributed by atoms with E-state index in [0.717, 1.165) is 51.6 Å². The number of Topliss-reactive ketones (excluding diaryl/α,β-unsaturated/α-hetero) is 1. The Morgan fingerprint density at radius 3 is 2.38 bits per heavy atom. The van der Waals surface area contributed by atoms with E-state index in [-0.39, 0.29) is 29.0 Å². The number of nitrogens with zero attached hydrogens (tertiary/aromatic N) is 3. The third kappa shape index (κ3) is 4.67. The SMILES string of the molecule is O=C(CSc1nc2cc(C(=O)N3CCCC3)ccc2c(=O)n1C1CCCCC1)c1ccccc1. The zero-order valence-electron chi connectivity index (χ0n) is 19.2. The van der Waals surface area contributed by atoms with Gasteiger partial charge in [-0.3, -0.25) is 19.0 Å². The molecule has 3 aromatic rings. The Labute approximate surface area is 203 Å². The molecule has 34 heavy (non-hydrogen) atoms. The molecule has 0 bridgehead atoms. The van der Waals surface area contributed by atoms with Crippen LogP contribution in [0.2, 0.25) is 0 Å². The van der Waals surface area contributed by atoms with Crippen LogP contribution in [0.3, 0.4) is 0 Å². The molecule has 0 unspecified atom stereocenters. The molecule has 0 atom stereocenters. The fourth-order valence-corrected chi connectivity index (χ4v) is 5.98. The number of amides is 1. The van der Waals surface area contributed by atoms with Crippen LogP contribution in [0, 0.1) is 0 Å². The van der Waals surface area contributed by atoms with Crippen LogP contribution in [0.4, 0.5) is 0 Å². The fourth-order valence-electron chi connectivity index (χ4n) is 5.01. The number of carbonyl (C=O) groups is 2. The van der Waals surface area contributed by atoms with Gasteiger partial charge in [0.05, 0.1) is 16.7 Å². The molecule has 2 aromatic carbocycles. The largest absolute Gasteiger partial charge is 0.339 e. The molecule has 5 rings (SSSR count). The first-order chi connectivity index (χ1) is 16.6. The number of thioether (sulfide) groups is 1. The van der Waals surface area contributed by atoms with Gasteiger partial charge >= 0.3 is 0 Å². The van der Waals surface area contributed by atoms with Gasteiger partial charge in [0.25, 0.3) is 11.5 Å². The maximum absolute atomic E-state index is 13.6. The van der Waals surface area contributed by atoms with Gasteiger partial charge in [0.2, 0.25) is 0 Å². The van der Waals surface area contributed by atoms with E-state index in [1.165, 1.54) is 18.2 Å². The van der Waals surface area contributed by atoms with Crippen molar-refractivity contribution < 1.29 is 9.59 Å². The van der Waals surface area contributed by atoms with E-state index in [1.54, 1.807) is 30.3 Å². The van der Waals surface area contributed by atoms with Crippen molar-refractivity contribution in [1.82, 2.24) is 14.5 Å². The lowest BCUT2D eigenvalue weighted by molar-refractivity contribution is 0.0792. The molecule has 176 valence electrons. The monoisotopic (exact) mass is 475 g/mol. The van der Waals surface area contributed by atoms with Crippen LogP contribution in [-0.4, -0.2) is 45.0 Å². The molecular formula is C27H29N3O3S. The number of hydrogen-bond donors (Lipinski definition) is 0. The van der Waals surface area contributed by atoms with Gasteiger partial charge in [0.15, 0.2) is 10.9 Å². The lowest BCUT2D eigenvalue weighted by Gasteiger charge is -2.26. The number of ketones is 1. The molecule has 1 aromatic heterocycles. The maximum Gasteiger partial charge on any atom is 0.262 e. The molecule has 2 aliphatic rings. The topological polar surface area (TPSA) is 72.3 Å². The predicted molar refractivity (Wildman–Crippen MR) is 135 cm³/mol. The highest BCUT2D eigenvalue weighted by molar-refractivity contribution is 7.99.